The van der Waals surface area contributed by atoms with Crippen LogP contribution in [0.2, 0.25) is 0 Å². The number of rotatable bonds is 3. The summed E-state index contributed by atoms with van der Waals surface area (Å²) in [6.07, 6.45) is 4.64. The van der Waals surface area contributed by atoms with Crippen molar-refractivity contribution in [2.75, 3.05) is 5.73 Å². The number of hydrogen-bond acceptors (Lipinski definition) is 4. The molecule has 0 aliphatic carbocycles. The molecule has 2 aromatic rings. The number of nitrogen functional groups attached to an aromatic ring is 1. The largest absolute Gasteiger partial charge is 0.368 e. The van der Waals surface area contributed by atoms with Crippen molar-refractivity contribution in [2.24, 2.45) is 7.05 Å². The lowest BCUT2D eigenvalue weighted by Gasteiger charge is -2.01. The smallest absolute Gasteiger partial charge is 0.220 e. The van der Waals surface area contributed by atoms with Gasteiger partial charge < -0.3 is 5.73 Å². The molecule has 2 aromatic heterocycles. The molecule has 0 bridgehead atoms. The van der Waals surface area contributed by atoms with Gasteiger partial charge in [0.25, 0.3) is 0 Å². The summed E-state index contributed by atoms with van der Waals surface area (Å²) in [7, 11) is 1.89. The predicted molar refractivity (Wildman–Crippen MR) is 58.7 cm³/mol. The van der Waals surface area contributed by atoms with Gasteiger partial charge >= 0.3 is 0 Å². The second-order valence-electron chi connectivity index (χ2n) is 3.31. The summed E-state index contributed by atoms with van der Waals surface area (Å²) >= 11 is 5.04. The molecule has 0 amide bonds. The van der Waals surface area contributed by atoms with Crippen LogP contribution in [-0.2, 0) is 20.0 Å². The SMILES string of the molecule is Cn1cc(CCn2c(N)n[nH]c2=S)cn1. The number of nitrogens with one attached hydrogen (secondary N) is 1. The summed E-state index contributed by atoms with van der Waals surface area (Å²) < 4.78 is 4.09. The minimum atomic E-state index is 0.420. The Bertz CT molecular complexity index is 507. The van der Waals surface area contributed by atoms with Crippen LogP contribution in [0.4, 0.5) is 5.95 Å². The van der Waals surface area contributed by atoms with Crippen LogP contribution in [-0.4, -0.2) is 24.5 Å². The monoisotopic (exact) mass is 224 g/mol. The highest BCUT2D eigenvalue weighted by atomic mass is 32.1. The number of nitrogens with zero attached hydrogens (tertiary/aromatic N) is 4. The molecular weight excluding hydrogens is 212 g/mol. The van der Waals surface area contributed by atoms with Gasteiger partial charge in [-0.25, -0.2) is 5.10 Å². The zero-order valence-corrected chi connectivity index (χ0v) is 9.16. The maximum absolute atomic E-state index is 5.64. The predicted octanol–water partition coefficient (Wildman–Crippen LogP) is 0.499. The average Bonchev–Trinajstić information content (AvgIpc) is 2.73. The average molecular weight is 224 g/mol. The molecule has 80 valence electrons. The van der Waals surface area contributed by atoms with E-state index in [1.165, 1.54) is 0 Å². The second-order valence-corrected chi connectivity index (χ2v) is 3.70. The van der Waals surface area contributed by atoms with Gasteiger partial charge in [-0.3, -0.25) is 9.25 Å². The van der Waals surface area contributed by atoms with E-state index in [-0.39, 0.29) is 0 Å². The molecule has 15 heavy (non-hydrogen) atoms. The molecule has 0 spiro atoms. The fraction of sp³-hybridized carbons (Fsp3) is 0.375. The molecule has 0 unspecified atom stereocenters. The van der Waals surface area contributed by atoms with Crippen LogP contribution in [0.5, 0.6) is 0 Å². The molecule has 0 aliphatic heterocycles. The normalized spacial score (nSPS) is 10.7. The Morgan fingerprint density at radius 3 is 2.93 bits per heavy atom. The van der Waals surface area contributed by atoms with Crippen molar-refractivity contribution in [1.29, 1.82) is 0 Å². The minimum absolute atomic E-state index is 0.420. The Morgan fingerprint density at radius 1 is 1.60 bits per heavy atom. The van der Waals surface area contributed by atoms with E-state index < -0.39 is 0 Å². The van der Waals surface area contributed by atoms with Gasteiger partial charge in [0.1, 0.15) is 0 Å². The Kier molecular flexibility index (Phi) is 2.55. The first-order chi connectivity index (χ1) is 7.16. The van der Waals surface area contributed by atoms with Gasteiger partial charge in [-0.15, -0.1) is 5.10 Å². The van der Waals surface area contributed by atoms with Crippen molar-refractivity contribution in [3.05, 3.63) is 22.7 Å². The van der Waals surface area contributed by atoms with Crippen LogP contribution in [0, 0.1) is 4.77 Å². The fourth-order valence-electron chi connectivity index (χ4n) is 1.39. The molecule has 6 nitrogen and oxygen atoms in total. The van der Waals surface area contributed by atoms with Gasteiger partial charge in [-0.1, -0.05) is 0 Å². The van der Waals surface area contributed by atoms with Crippen LogP contribution < -0.4 is 5.73 Å². The molecule has 0 aromatic carbocycles. The maximum atomic E-state index is 5.64. The molecule has 7 heteroatoms. The summed E-state index contributed by atoms with van der Waals surface area (Å²) in [6, 6.07) is 0. The van der Waals surface area contributed by atoms with E-state index in [1.54, 1.807) is 9.25 Å². The Morgan fingerprint density at radius 2 is 2.40 bits per heavy atom. The van der Waals surface area contributed by atoms with E-state index in [0.717, 1.165) is 12.0 Å². The highest BCUT2D eigenvalue weighted by Gasteiger charge is 2.02. The fourth-order valence-corrected chi connectivity index (χ4v) is 1.62. The third-order valence-corrected chi connectivity index (χ3v) is 2.48. The van der Waals surface area contributed by atoms with Gasteiger partial charge in [0, 0.05) is 19.8 Å². The van der Waals surface area contributed by atoms with Crippen LogP contribution in [0.15, 0.2) is 12.4 Å². The first-order valence-electron chi connectivity index (χ1n) is 4.55. The van der Waals surface area contributed by atoms with E-state index in [9.17, 15) is 0 Å². The third kappa shape index (κ3) is 2.07. The zero-order valence-electron chi connectivity index (χ0n) is 8.34. The lowest BCUT2D eigenvalue weighted by molar-refractivity contribution is 0.693. The van der Waals surface area contributed by atoms with Crippen molar-refractivity contribution in [1.82, 2.24) is 24.5 Å². The third-order valence-electron chi connectivity index (χ3n) is 2.17. The van der Waals surface area contributed by atoms with Crippen LogP contribution in [0.3, 0.4) is 0 Å². The highest BCUT2D eigenvalue weighted by Crippen LogP contribution is 2.04. The maximum Gasteiger partial charge on any atom is 0.220 e. The topological polar surface area (TPSA) is 77.5 Å². The Hall–Kier alpha value is -1.63. The lowest BCUT2D eigenvalue weighted by atomic mass is 10.2. The standard InChI is InChI=1S/C8H12N6S/c1-13-5-6(4-10-13)2-3-14-7(9)11-12-8(14)15/h4-5H,2-3H2,1H3,(H2,9,11)(H,12,15). The molecule has 2 heterocycles. The number of aromatic amines is 1. The first-order valence-corrected chi connectivity index (χ1v) is 4.96. The van der Waals surface area contributed by atoms with E-state index in [4.69, 9.17) is 18.0 Å². The summed E-state index contributed by atoms with van der Waals surface area (Å²) in [5, 5.41) is 10.6. The van der Waals surface area contributed by atoms with Crippen LogP contribution in [0.25, 0.3) is 0 Å². The number of aromatic nitrogens is 5. The number of anilines is 1. The molecule has 0 aliphatic rings. The van der Waals surface area contributed by atoms with Crippen molar-refractivity contribution in [3.63, 3.8) is 0 Å². The first kappa shape index (κ1) is 9.91. The number of aryl methyl sites for hydroxylation is 2. The summed E-state index contributed by atoms with van der Waals surface area (Å²) in [4.78, 5) is 0. The molecule has 0 radical (unpaired) electrons. The van der Waals surface area contributed by atoms with Crippen molar-refractivity contribution < 1.29 is 0 Å². The minimum Gasteiger partial charge on any atom is -0.368 e. The van der Waals surface area contributed by atoms with E-state index in [0.29, 0.717) is 17.3 Å². The molecule has 2 rings (SSSR count). The van der Waals surface area contributed by atoms with Gasteiger partial charge in [0.05, 0.1) is 6.20 Å². The molecule has 0 saturated carbocycles. The Labute approximate surface area is 91.7 Å². The summed E-state index contributed by atoms with van der Waals surface area (Å²) in [6.45, 7) is 0.715. The zero-order chi connectivity index (χ0) is 10.8. The van der Waals surface area contributed by atoms with Gasteiger partial charge in [-0.2, -0.15) is 5.10 Å². The number of hydrogen-bond donors (Lipinski definition) is 2. The lowest BCUT2D eigenvalue weighted by Crippen LogP contribution is -2.05. The molecule has 0 fully saturated rings. The quantitative estimate of drug-likeness (QED) is 0.744. The molecule has 3 N–H and O–H groups in total. The van der Waals surface area contributed by atoms with Crippen LogP contribution >= 0.6 is 12.2 Å². The summed E-state index contributed by atoms with van der Waals surface area (Å²) in [5.74, 6) is 0.420. The van der Waals surface area contributed by atoms with Gasteiger partial charge in [0.2, 0.25) is 5.95 Å². The van der Waals surface area contributed by atoms with Gasteiger partial charge in [-0.05, 0) is 24.2 Å². The van der Waals surface area contributed by atoms with E-state index >= 15 is 0 Å². The number of nitrogens with two attached hydrogens (primary N) is 1. The van der Waals surface area contributed by atoms with Crippen LogP contribution in [0.1, 0.15) is 5.56 Å². The second kappa shape index (κ2) is 3.85. The van der Waals surface area contributed by atoms with Crippen molar-refractivity contribution in [2.45, 2.75) is 13.0 Å². The highest BCUT2D eigenvalue weighted by molar-refractivity contribution is 7.71. The Balaban J connectivity index is 2.08. The van der Waals surface area contributed by atoms with Gasteiger partial charge in [0.15, 0.2) is 4.77 Å². The summed E-state index contributed by atoms with van der Waals surface area (Å²) in [5.41, 5.74) is 6.80. The van der Waals surface area contributed by atoms with Crippen molar-refractivity contribution >= 4 is 18.2 Å². The van der Waals surface area contributed by atoms with Crippen molar-refractivity contribution in [3.8, 4) is 0 Å². The molecule has 0 saturated heterocycles. The molecule has 0 atom stereocenters. The van der Waals surface area contributed by atoms with E-state index in [2.05, 4.69) is 15.3 Å². The number of H-pyrrole nitrogens is 1. The van der Waals surface area contributed by atoms with E-state index in [1.807, 2.05) is 19.4 Å². The molecular formula is C8H12N6S.